The molecule has 0 aromatic heterocycles. The molecule has 0 bridgehead atoms. The third kappa shape index (κ3) is 5.60. The van der Waals surface area contributed by atoms with Crippen LogP contribution in [0.25, 0.3) is 0 Å². The molecule has 1 rings (SSSR count). The van der Waals surface area contributed by atoms with Gasteiger partial charge in [0.15, 0.2) is 0 Å². The summed E-state index contributed by atoms with van der Waals surface area (Å²) in [4.78, 5) is 11.7. The van der Waals surface area contributed by atoms with Crippen molar-refractivity contribution < 1.29 is 13.9 Å². The fraction of sp³-hybridized carbons (Fsp3) is 0.462. The summed E-state index contributed by atoms with van der Waals surface area (Å²) in [6.45, 7) is 3.55. The topological polar surface area (TPSA) is 38.3 Å². The number of ether oxygens (including phenoxy) is 1. The Morgan fingerprint density at radius 1 is 1.39 bits per heavy atom. The second-order valence-electron chi connectivity index (χ2n) is 3.93. The van der Waals surface area contributed by atoms with E-state index in [2.05, 4.69) is 21.2 Å². The van der Waals surface area contributed by atoms with Gasteiger partial charge in [0, 0.05) is 24.0 Å². The number of hydrogen-bond donors (Lipinski definition) is 1. The number of amides is 1. The summed E-state index contributed by atoms with van der Waals surface area (Å²) in [6, 6.07) is 4.30. The highest BCUT2D eigenvalue weighted by Crippen LogP contribution is 2.08. The lowest BCUT2D eigenvalue weighted by Gasteiger charge is -2.06. The van der Waals surface area contributed by atoms with Gasteiger partial charge in [0.05, 0.1) is 6.61 Å². The Balaban J connectivity index is 2.32. The predicted octanol–water partition coefficient (Wildman–Crippen LogP) is 2.67. The summed E-state index contributed by atoms with van der Waals surface area (Å²) in [5.41, 5.74) is 1.09. The van der Waals surface area contributed by atoms with E-state index in [1.807, 2.05) is 0 Å². The van der Waals surface area contributed by atoms with E-state index in [1.54, 1.807) is 13.0 Å². The summed E-state index contributed by atoms with van der Waals surface area (Å²) < 4.78 is 18.4. The van der Waals surface area contributed by atoms with Crippen LogP contribution < -0.4 is 5.32 Å². The molecule has 0 heterocycles. The normalized spacial score (nSPS) is 10.4. The highest BCUT2D eigenvalue weighted by atomic mass is 79.9. The second-order valence-corrected chi connectivity index (χ2v) is 4.72. The van der Waals surface area contributed by atoms with Crippen molar-refractivity contribution in [1.29, 1.82) is 0 Å². The number of carbonyl (C=O) groups is 1. The number of halogens is 2. The van der Waals surface area contributed by atoms with Crippen LogP contribution in [0, 0.1) is 12.7 Å². The number of carbonyl (C=O) groups excluding carboxylic acids is 1. The van der Waals surface area contributed by atoms with Crippen molar-refractivity contribution in [3.63, 3.8) is 0 Å². The lowest BCUT2D eigenvalue weighted by molar-refractivity contribution is 0.0944. The Morgan fingerprint density at radius 3 is 2.83 bits per heavy atom. The number of benzene rings is 1. The van der Waals surface area contributed by atoms with E-state index >= 15 is 0 Å². The van der Waals surface area contributed by atoms with Gasteiger partial charge in [0.25, 0.3) is 5.91 Å². The molecule has 0 fully saturated rings. The van der Waals surface area contributed by atoms with Crippen LogP contribution in [0.5, 0.6) is 0 Å². The van der Waals surface area contributed by atoms with Crippen molar-refractivity contribution in [2.75, 3.05) is 25.1 Å². The molecule has 0 saturated carbocycles. The molecular formula is C13H17BrFNO2. The lowest BCUT2D eigenvalue weighted by Crippen LogP contribution is -2.25. The molecule has 1 amide bonds. The molecule has 5 heteroatoms. The molecule has 0 aliphatic heterocycles. The third-order valence-corrected chi connectivity index (χ3v) is 2.60. The van der Waals surface area contributed by atoms with Gasteiger partial charge in [-0.15, -0.1) is 0 Å². The van der Waals surface area contributed by atoms with E-state index < -0.39 is 0 Å². The van der Waals surface area contributed by atoms with Crippen LogP contribution in [0.3, 0.4) is 0 Å². The smallest absolute Gasteiger partial charge is 0.251 e. The average molecular weight is 318 g/mol. The van der Waals surface area contributed by atoms with Gasteiger partial charge in [-0.1, -0.05) is 15.9 Å². The van der Waals surface area contributed by atoms with Crippen molar-refractivity contribution in [3.05, 3.63) is 35.1 Å². The summed E-state index contributed by atoms with van der Waals surface area (Å²) in [7, 11) is 0. The zero-order chi connectivity index (χ0) is 13.4. The molecule has 3 nitrogen and oxygen atoms in total. The molecule has 100 valence electrons. The van der Waals surface area contributed by atoms with E-state index in [1.165, 1.54) is 12.1 Å². The molecule has 18 heavy (non-hydrogen) atoms. The number of alkyl halides is 1. The minimum Gasteiger partial charge on any atom is -0.381 e. The lowest BCUT2D eigenvalue weighted by atomic mass is 10.1. The van der Waals surface area contributed by atoms with Crippen LogP contribution in [0.1, 0.15) is 22.3 Å². The number of rotatable bonds is 7. The molecule has 0 aliphatic rings. The van der Waals surface area contributed by atoms with Crippen molar-refractivity contribution >= 4 is 21.8 Å². The molecule has 0 unspecified atom stereocenters. The molecular weight excluding hydrogens is 301 g/mol. The standard InChI is InChI=1S/C13H17BrFNO2/c1-10-7-11(9-12(15)8-10)13(17)16-4-2-5-18-6-3-14/h7-9H,2-6H2,1H3,(H,16,17). The first-order valence-corrected chi connectivity index (χ1v) is 6.94. The van der Waals surface area contributed by atoms with Crippen LogP contribution in [-0.2, 0) is 4.74 Å². The van der Waals surface area contributed by atoms with Crippen molar-refractivity contribution in [3.8, 4) is 0 Å². The van der Waals surface area contributed by atoms with Gasteiger partial charge in [-0.2, -0.15) is 0 Å². The Labute approximate surface area is 115 Å². The van der Waals surface area contributed by atoms with Gasteiger partial charge in [-0.05, 0) is 37.1 Å². The summed E-state index contributed by atoms with van der Waals surface area (Å²) in [5, 5.41) is 3.54. The van der Waals surface area contributed by atoms with Gasteiger partial charge in [0.2, 0.25) is 0 Å². The van der Waals surface area contributed by atoms with E-state index in [4.69, 9.17) is 4.74 Å². The fourth-order valence-electron chi connectivity index (χ4n) is 1.50. The van der Waals surface area contributed by atoms with Crippen molar-refractivity contribution in [2.45, 2.75) is 13.3 Å². The Kier molecular flexibility index (Phi) is 6.90. The van der Waals surface area contributed by atoms with Crippen LogP contribution in [0.4, 0.5) is 4.39 Å². The zero-order valence-corrected chi connectivity index (χ0v) is 11.9. The molecule has 0 radical (unpaired) electrons. The minimum absolute atomic E-state index is 0.252. The first-order valence-electron chi connectivity index (χ1n) is 5.82. The van der Waals surface area contributed by atoms with E-state index in [0.29, 0.717) is 25.3 Å². The van der Waals surface area contributed by atoms with Crippen LogP contribution in [0.2, 0.25) is 0 Å². The van der Waals surface area contributed by atoms with Gasteiger partial charge in [-0.3, -0.25) is 4.79 Å². The maximum Gasteiger partial charge on any atom is 0.251 e. The Morgan fingerprint density at radius 2 is 2.17 bits per heavy atom. The average Bonchev–Trinajstić information content (AvgIpc) is 2.32. The van der Waals surface area contributed by atoms with Crippen molar-refractivity contribution in [2.24, 2.45) is 0 Å². The maximum atomic E-state index is 13.1. The van der Waals surface area contributed by atoms with Gasteiger partial charge < -0.3 is 10.1 Å². The fourth-order valence-corrected chi connectivity index (χ4v) is 1.73. The quantitative estimate of drug-likeness (QED) is 0.620. The minimum atomic E-state index is -0.388. The Bertz CT molecular complexity index is 378. The zero-order valence-electron chi connectivity index (χ0n) is 10.3. The van der Waals surface area contributed by atoms with E-state index in [-0.39, 0.29) is 11.7 Å². The van der Waals surface area contributed by atoms with E-state index in [9.17, 15) is 9.18 Å². The highest BCUT2D eigenvalue weighted by molar-refractivity contribution is 9.09. The number of nitrogens with one attached hydrogen (secondary N) is 1. The molecule has 0 saturated heterocycles. The van der Waals surface area contributed by atoms with Crippen LogP contribution >= 0.6 is 15.9 Å². The largest absolute Gasteiger partial charge is 0.381 e. The van der Waals surface area contributed by atoms with Crippen molar-refractivity contribution in [1.82, 2.24) is 5.32 Å². The van der Waals surface area contributed by atoms with Gasteiger partial charge >= 0.3 is 0 Å². The predicted molar refractivity (Wildman–Crippen MR) is 72.7 cm³/mol. The summed E-state index contributed by atoms with van der Waals surface area (Å²) in [6.07, 6.45) is 0.743. The van der Waals surface area contributed by atoms with Crippen LogP contribution in [-0.4, -0.2) is 31.0 Å². The highest BCUT2D eigenvalue weighted by Gasteiger charge is 2.06. The monoisotopic (exact) mass is 317 g/mol. The third-order valence-electron chi connectivity index (χ3n) is 2.28. The maximum absolute atomic E-state index is 13.1. The molecule has 1 aromatic carbocycles. The van der Waals surface area contributed by atoms with Gasteiger partial charge in [0.1, 0.15) is 5.82 Å². The number of aryl methyl sites for hydroxylation is 1. The number of hydrogen-bond acceptors (Lipinski definition) is 2. The van der Waals surface area contributed by atoms with Gasteiger partial charge in [-0.25, -0.2) is 4.39 Å². The Hall–Kier alpha value is -0.940. The molecule has 1 aromatic rings. The first kappa shape index (κ1) is 15.1. The molecule has 0 spiro atoms. The summed E-state index contributed by atoms with van der Waals surface area (Å²) >= 11 is 3.26. The molecule has 1 N–H and O–H groups in total. The SMILES string of the molecule is Cc1cc(F)cc(C(=O)NCCCOCCBr)c1. The van der Waals surface area contributed by atoms with E-state index in [0.717, 1.165) is 17.3 Å². The van der Waals surface area contributed by atoms with Crippen LogP contribution in [0.15, 0.2) is 18.2 Å². The first-order chi connectivity index (χ1) is 8.63. The second kappa shape index (κ2) is 8.21. The molecule has 0 aliphatic carbocycles. The molecule has 0 atom stereocenters. The summed E-state index contributed by atoms with van der Waals surface area (Å²) in [5.74, 6) is -0.640.